The van der Waals surface area contributed by atoms with Crippen molar-refractivity contribution in [2.45, 2.75) is 25.8 Å². The minimum absolute atomic E-state index is 0.258. The van der Waals surface area contributed by atoms with Crippen LogP contribution in [0.15, 0.2) is 29.4 Å². The van der Waals surface area contributed by atoms with Gasteiger partial charge in [0.25, 0.3) is 0 Å². The van der Waals surface area contributed by atoms with Gasteiger partial charge in [-0.05, 0) is 24.1 Å². The molecule has 1 atom stereocenters. The second-order valence-corrected chi connectivity index (χ2v) is 4.19. The number of nitrogens with one attached hydrogen (secondary N) is 1. The maximum atomic E-state index is 5.56. The zero-order valence-corrected chi connectivity index (χ0v) is 10.1. The number of hydrogen-bond acceptors (Lipinski definition) is 4. The van der Waals surface area contributed by atoms with Gasteiger partial charge in [0.2, 0.25) is 0 Å². The SMILES string of the molecule is CCCOc1ccc(C2CC(CN)=NN2)cc1. The lowest BCUT2D eigenvalue weighted by atomic mass is 10.0. The van der Waals surface area contributed by atoms with Crippen LogP contribution in [-0.2, 0) is 0 Å². The molecular formula is C13H19N3O. The molecule has 1 aromatic rings. The molecule has 3 N–H and O–H groups in total. The topological polar surface area (TPSA) is 59.6 Å². The van der Waals surface area contributed by atoms with Crippen molar-refractivity contribution in [2.24, 2.45) is 10.8 Å². The molecule has 4 nitrogen and oxygen atoms in total. The highest BCUT2D eigenvalue weighted by Crippen LogP contribution is 2.23. The van der Waals surface area contributed by atoms with Gasteiger partial charge in [0.15, 0.2) is 0 Å². The molecule has 0 fully saturated rings. The van der Waals surface area contributed by atoms with Gasteiger partial charge in [-0.3, -0.25) is 0 Å². The van der Waals surface area contributed by atoms with Crippen molar-refractivity contribution >= 4 is 5.71 Å². The number of hydrogen-bond donors (Lipinski definition) is 2. The highest BCUT2D eigenvalue weighted by molar-refractivity contribution is 5.88. The van der Waals surface area contributed by atoms with Crippen molar-refractivity contribution in [3.8, 4) is 5.75 Å². The molecule has 1 unspecified atom stereocenters. The maximum Gasteiger partial charge on any atom is 0.119 e. The van der Waals surface area contributed by atoms with Crippen molar-refractivity contribution in [1.29, 1.82) is 0 Å². The molecule has 0 radical (unpaired) electrons. The Morgan fingerprint density at radius 3 is 2.76 bits per heavy atom. The fourth-order valence-electron chi connectivity index (χ4n) is 1.83. The van der Waals surface area contributed by atoms with Crippen molar-refractivity contribution in [3.05, 3.63) is 29.8 Å². The Kier molecular flexibility index (Phi) is 3.98. The number of rotatable bonds is 5. The van der Waals surface area contributed by atoms with Crippen LogP contribution in [-0.4, -0.2) is 18.9 Å². The normalized spacial score (nSPS) is 18.7. The Hall–Kier alpha value is -1.55. The summed E-state index contributed by atoms with van der Waals surface area (Å²) in [5, 5.41) is 4.19. The van der Waals surface area contributed by atoms with Crippen molar-refractivity contribution < 1.29 is 4.74 Å². The summed E-state index contributed by atoms with van der Waals surface area (Å²) in [7, 11) is 0. The molecule has 0 aliphatic carbocycles. The van der Waals surface area contributed by atoms with E-state index >= 15 is 0 Å². The van der Waals surface area contributed by atoms with Gasteiger partial charge in [0, 0.05) is 13.0 Å². The van der Waals surface area contributed by atoms with Crippen LogP contribution in [0.3, 0.4) is 0 Å². The predicted octanol–water partition coefficient (Wildman–Crippen LogP) is 1.82. The molecule has 0 aromatic heterocycles. The fourth-order valence-corrected chi connectivity index (χ4v) is 1.83. The van der Waals surface area contributed by atoms with Crippen LogP contribution in [0, 0.1) is 0 Å². The highest BCUT2D eigenvalue weighted by Gasteiger charge is 2.18. The van der Waals surface area contributed by atoms with Crippen LogP contribution in [0.5, 0.6) is 5.75 Å². The first-order chi connectivity index (χ1) is 8.33. The van der Waals surface area contributed by atoms with E-state index in [1.165, 1.54) is 5.56 Å². The first-order valence-corrected chi connectivity index (χ1v) is 6.07. The summed E-state index contributed by atoms with van der Waals surface area (Å²) >= 11 is 0. The van der Waals surface area contributed by atoms with Crippen LogP contribution < -0.4 is 15.9 Å². The quantitative estimate of drug-likeness (QED) is 0.815. The molecule has 1 heterocycles. The number of benzene rings is 1. The average Bonchev–Trinajstić information content (AvgIpc) is 2.86. The maximum absolute atomic E-state index is 5.56. The summed E-state index contributed by atoms with van der Waals surface area (Å²) in [6.45, 7) is 3.39. The van der Waals surface area contributed by atoms with Crippen LogP contribution in [0.1, 0.15) is 31.4 Å². The second kappa shape index (κ2) is 5.68. The van der Waals surface area contributed by atoms with Gasteiger partial charge in [-0.1, -0.05) is 19.1 Å². The molecule has 4 heteroatoms. The van der Waals surface area contributed by atoms with Gasteiger partial charge in [0.1, 0.15) is 5.75 Å². The molecule has 0 saturated carbocycles. The van der Waals surface area contributed by atoms with E-state index in [2.05, 4.69) is 29.6 Å². The lowest BCUT2D eigenvalue weighted by Crippen LogP contribution is -2.13. The third-order valence-electron chi connectivity index (χ3n) is 2.81. The zero-order chi connectivity index (χ0) is 12.1. The highest BCUT2D eigenvalue weighted by atomic mass is 16.5. The fraction of sp³-hybridized carbons (Fsp3) is 0.462. The molecule has 0 amide bonds. The Bertz CT molecular complexity index is 386. The van der Waals surface area contributed by atoms with E-state index in [4.69, 9.17) is 10.5 Å². The van der Waals surface area contributed by atoms with Crippen LogP contribution >= 0.6 is 0 Å². The summed E-state index contributed by atoms with van der Waals surface area (Å²) in [5.41, 5.74) is 10.9. The molecular weight excluding hydrogens is 214 g/mol. The first-order valence-electron chi connectivity index (χ1n) is 6.07. The van der Waals surface area contributed by atoms with E-state index in [0.717, 1.165) is 30.9 Å². The standard InChI is InChI=1S/C13H19N3O/c1-2-7-17-12-5-3-10(4-6-12)13-8-11(9-14)15-16-13/h3-6,13,16H,2,7-9,14H2,1H3. The molecule has 1 aliphatic rings. The van der Waals surface area contributed by atoms with Gasteiger partial charge in [0.05, 0.1) is 18.4 Å². The van der Waals surface area contributed by atoms with Crippen LogP contribution in [0.25, 0.3) is 0 Å². The minimum atomic E-state index is 0.258. The minimum Gasteiger partial charge on any atom is -0.494 e. The monoisotopic (exact) mass is 233 g/mol. The number of ether oxygens (including phenoxy) is 1. The van der Waals surface area contributed by atoms with Crippen molar-refractivity contribution in [3.63, 3.8) is 0 Å². The Balaban J connectivity index is 1.95. The van der Waals surface area contributed by atoms with E-state index in [-0.39, 0.29) is 6.04 Å². The van der Waals surface area contributed by atoms with Gasteiger partial charge in [-0.2, -0.15) is 5.10 Å². The van der Waals surface area contributed by atoms with Crippen LogP contribution in [0.4, 0.5) is 0 Å². The van der Waals surface area contributed by atoms with Gasteiger partial charge in [-0.15, -0.1) is 0 Å². The Morgan fingerprint density at radius 1 is 1.41 bits per heavy atom. The van der Waals surface area contributed by atoms with Crippen molar-refractivity contribution in [2.75, 3.05) is 13.2 Å². The van der Waals surface area contributed by atoms with E-state index in [1.54, 1.807) is 0 Å². The summed E-state index contributed by atoms with van der Waals surface area (Å²) in [6.07, 6.45) is 1.92. The van der Waals surface area contributed by atoms with E-state index in [1.807, 2.05) is 12.1 Å². The van der Waals surface area contributed by atoms with E-state index in [9.17, 15) is 0 Å². The molecule has 0 bridgehead atoms. The van der Waals surface area contributed by atoms with E-state index in [0.29, 0.717) is 6.54 Å². The van der Waals surface area contributed by atoms with Gasteiger partial charge >= 0.3 is 0 Å². The molecule has 17 heavy (non-hydrogen) atoms. The molecule has 1 aromatic carbocycles. The largest absolute Gasteiger partial charge is 0.494 e. The summed E-state index contributed by atoms with van der Waals surface area (Å²) < 4.78 is 5.55. The number of nitrogens with zero attached hydrogens (tertiary/aromatic N) is 1. The molecule has 1 aliphatic heterocycles. The Labute approximate surface area is 102 Å². The zero-order valence-electron chi connectivity index (χ0n) is 10.1. The smallest absolute Gasteiger partial charge is 0.119 e. The average molecular weight is 233 g/mol. The molecule has 92 valence electrons. The summed E-state index contributed by atoms with van der Waals surface area (Å²) in [4.78, 5) is 0. The van der Waals surface area contributed by atoms with E-state index < -0.39 is 0 Å². The summed E-state index contributed by atoms with van der Waals surface area (Å²) in [5.74, 6) is 0.925. The van der Waals surface area contributed by atoms with Crippen LogP contribution in [0.2, 0.25) is 0 Å². The lowest BCUT2D eigenvalue weighted by molar-refractivity contribution is 0.317. The van der Waals surface area contributed by atoms with Gasteiger partial charge < -0.3 is 15.9 Å². The molecule has 2 rings (SSSR count). The van der Waals surface area contributed by atoms with Crippen molar-refractivity contribution in [1.82, 2.24) is 5.43 Å². The predicted molar refractivity (Wildman–Crippen MR) is 69.2 cm³/mol. The summed E-state index contributed by atoms with van der Waals surface area (Å²) in [6, 6.07) is 8.43. The molecule has 0 saturated heterocycles. The second-order valence-electron chi connectivity index (χ2n) is 4.19. The first kappa shape index (κ1) is 11.9. The number of hydrazone groups is 1. The third-order valence-corrected chi connectivity index (χ3v) is 2.81. The Morgan fingerprint density at radius 2 is 2.18 bits per heavy atom. The number of nitrogens with two attached hydrogens (primary N) is 1. The third kappa shape index (κ3) is 2.97. The lowest BCUT2D eigenvalue weighted by Gasteiger charge is -2.11. The van der Waals surface area contributed by atoms with Gasteiger partial charge in [-0.25, -0.2) is 0 Å². The molecule has 0 spiro atoms.